The zero-order valence-corrected chi connectivity index (χ0v) is 6.33. The number of rotatable bonds is 1. The molecule has 0 atom stereocenters. The molecule has 0 unspecified atom stereocenters. The molecule has 0 aliphatic rings. The van der Waals surface area contributed by atoms with Gasteiger partial charge in [0.25, 0.3) is 5.04 Å². The summed E-state index contributed by atoms with van der Waals surface area (Å²) in [4.78, 5) is 0. The molecular formula is C5H12NOS+. The van der Waals surface area contributed by atoms with Crippen LogP contribution in [0, 0.1) is 0 Å². The lowest BCUT2D eigenvalue weighted by Gasteiger charge is -1.89. The Bertz CT molecular complexity index is 90.6. The van der Waals surface area contributed by atoms with Crippen LogP contribution in [0.1, 0.15) is 13.3 Å². The average molecular weight is 134 g/mol. The molecule has 0 spiro atoms. The zero-order valence-electron chi connectivity index (χ0n) is 5.51. The van der Waals surface area contributed by atoms with Gasteiger partial charge in [0.15, 0.2) is 7.05 Å². The lowest BCUT2D eigenvalue weighted by molar-refractivity contribution is -0.753. The molecule has 0 bridgehead atoms. The summed E-state index contributed by atoms with van der Waals surface area (Å²) in [5.74, 6) is 0. The molecule has 0 fully saturated rings. The van der Waals surface area contributed by atoms with Gasteiger partial charge in [-0.25, -0.2) is 0 Å². The molecule has 0 amide bonds. The van der Waals surface area contributed by atoms with Gasteiger partial charge in [0, 0.05) is 6.42 Å². The van der Waals surface area contributed by atoms with Gasteiger partial charge in [0.05, 0.1) is 0 Å². The van der Waals surface area contributed by atoms with Crippen LogP contribution in [0.5, 0.6) is 0 Å². The van der Waals surface area contributed by atoms with Crippen LogP contribution >= 0.6 is 11.8 Å². The smallest absolute Gasteiger partial charge is 0.259 e. The van der Waals surface area contributed by atoms with Crippen LogP contribution < -0.4 is 0 Å². The molecule has 0 radical (unpaired) electrons. The van der Waals surface area contributed by atoms with Gasteiger partial charge in [-0.1, -0.05) is 18.7 Å². The highest BCUT2D eigenvalue weighted by atomic mass is 32.2. The molecule has 0 aliphatic carbocycles. The van der Waals surface area contributed by atoms with Crippen molar-refractivity contribution in [3.8, 4) is 0 Å². The third kappa shape index (κ3) is 2.21. The summed E-state index contributed by atoms with van der Waals surface area (Å²) in [6.45, 7) is 2.01. The number of hydrogen-bond donors (Lipinski definition) is 1. The minimum atomic E-state index is 0.897. The summed E-state index contributed by atoms with van der Waals surface area (Å²) in [7, 11) is 1.63. The molecule has 0 aromatic heterocycles. The van der Waals surface area contributed by atoms with E-state index in [1.54, 1.807) is 18.8 Å². The highest BCUT2D eigenvalue weighted by Crippen LogP contribution is 1.99. The van der Waals surface area contributed by atoms with E-state index in [4.69, 9.17) is 5.21 Å². The Labute approximate surface area is 54.2 Å². The summed E-state index contributed by atoms with van der Waals surface area (Å²) in [6.07, 6.45) is 2.85. The topological polar surface area (TPSA) is 23.2 Å². The van der Waals surface area contributed by atoms with Crippen molar-refractivity contribution in [3.05, 3.63) is 0 Å². The summed E-state index contributed by atoms with van der Waals surface area (Å²) in [5, 5.41) is 9.78. The quantitative estimate of drug-likeness (QED) is 0.191. The third-order valence-corrected chi connectivity index (χ3v) is 1.92. The van der Waals surface area contributed by atoms with Crippen molar-refractivity contribution < 1.29 is 9.95 Å². The maximum atomic E-state index is 8.79. The van der Waals surface area contributed by atoms with E-state index < -0.39 is 0 Å². The van der Waals surface area contributed by atoms with Gasteiger partial charge in [-0.15, -0.1) is 0 Å². The van der Waals surface area contributed by atoms with Crippen molar-refractivity contribution in [3.63, 3.8) is 0 Å². The second-order valence-corrected chi connectivity index (χ2v) is 2.35. The van der Waals surface area contributed by atoms with E-state index in [1.807, 2.05) is 13.2 Å². The standard InChI is InChI=1S/C5H12NOS/c1-4-5(8-3)6(2)7/h7H,4H2,1-3H3/q+1/b6-5-. The Morgan fingerprint density at radius 3 is 2.25 bits per heavy atom. The molecule has 0 aromatic carbocycles. The predicted octanol–water partition coefficient (Wildman–Crippen LogP) is 1.19. The molecule has 0 saturated carbocycles. The van der Waals surface area contributed by atoms with E-state index in [2.05, 4.69) is 0 Å². The first-order valence-corrected chi connectivity index (χ1v) is 3.77. The average Bonchev–Trinajstić information content (AvgIpc) is 1.69. The van der Waals surface area contributed by atoms with Gasteiger partial charge < -0.3 is 0 Å². The summed E-state index contributed by atoms with van der Waals surface area (Å²) in [6, 6.07) is 0. The molecule has 3 heteroatoms. The van der Waals surface area contributed by atoms with Crippen molar-refractivity contribution >= 4 is 16.8 Å². The van der Waals surface area contributed by atoms with Crippen LogP contribution in [0.4, 0.5) is 0 Å². The van der Waals surface area contributed by atoms with Crippen LogP contribution in [0.25, 0.3) is 0 Å². The molecule has 0 saturated heterocycles. The number of thioether (sulfide) groups is 1. The molecular weight excluding hydrogens is 122 g/mol. The van der Waals surface area contributed by atoms with Gasteiger partial charge in [0.1, 0.15) is 0 Å². The predicted molar refractivity (Wildman–Crippen MR) is 36.8 cm³/mol. The fraction of sp³-hybridized carbons (Fsp3) is 0.800. The van der Waals surface area contributed by atoms with E-state index in [0.717, 1.165) is 16.2 Å². The molecule has 8 heavy (non-hydrogen) atoms. The lowest BCUT2D eigenvalue weighted by Crippen LogP contribution is -2.08. The van der Waals surface area contributed by atoms with Crippen molar-refractivity contribution in [2.75, 3.05) is 13.3 Å². The minimum Gasteiger partial charge on any atom is -0.290 e. The second-order valence-electron chi connectivity index (χ2n) is 1.48. The highest BCUT2D eigenvalue weighted by Gasteiger charge is 2.03. The maximum Gasteiger partial charge on any atom is 0.259 e. The van der Waals surface area contributed by atoms with Crippen molar-refractivity contribution in [2.24, 2.45) is 0 Å². The van der Waals surface area contributed by atoms with Crippen molar-refractivity contribution in [1.82, 2.24) is 0 Å². The minimum absolute atomic E-state index is 0.897. The van der Waals surface area contributed by atoms with E-state index in [1.165, 1.54) is 0 Å². The first kappa shape index (κ1) is 7.82. The SMILES string of the molecule is CC/C(SC)=[N+](\C)O. The third-order valence-electron chi connectivity index (χ3n) is 0.899. The van der Waals surface area contributed by atoms with E-state index >= 15 is 0 Å². The first-order valence-electron chi connectivity index (χ1n) is 2.54. The van der Waals surface area contributed by atoms with Crippen LogP contribution in [0.3, 0.4) is 0 Å². The summed E-state index contributed by atoms with van der Waals surface area (Å²) >= 11 is 1.57. The monoisotopic (exact) mass is 134 g/mol. The molecule has 0 aromatic rings. The van der Waals surface area contributed by atoms with Gasteiger partial charge in [0.2, 0.25) is 0 Å². The van der Waals surface area contributed by atoms with E-state index in [9.17, 15) is 0 Å². The molecule has 2 nitrogen and oxygen atoms in total. The second kappa shape index (κ2) is 3.78. The van der Waals surface area contributed by atoms with E-state index in [-0.39, 0.29) is 0 Å². The van der Waals surface area contributed by atoms with Gasteiger partial charge in [-0.2, -0.15) is 0 Å². The van der Waals surface area contributed by atoms with Crippen LogP contribution in [-0.2, 0) is 0 Å². The summed E-state index contributed by atoms with van der Waals surface area (Å²) < 4.78 is 1.16. The summed E-state index contributed by atoms with van der Waals surface area (Å²) in [5.41, 5.74) is 0. The normalized spacial score (nSPS) is 13.4. The number of hydroxylamine groups is 1. The molecule has 0 rings (SSSR count). The van der Waals surface area contributed by atoms with Crippen molar-refractivity contribution in [2.45, 2.75) is 13.3 Å². The lowest BCUT2D eigenvalue weighted by atomic mass is 10.5. The Balaban J connectivity index is 3.86. The number of hydrogen-bond acceptors (Lipinski definition) is 2. The van der Waals surface area contributed by atoms with Gasteiger partial charge in [-0.3, -0.25) is 5.21 Å². The fourth-order valence-electron chi connectivity index (χ4n) is 0.505. The Morgan fingerprint density at radius 2 is 2.25 bits per heavy atom. The Kier molecular flexibility index (Phi) is 3.69. The van der Waals surface area contributed by atoms with Crippen LogP contribution in [0.2, 0.25) is 0 Å². The van der Waals surface area contributed by atoms with Crippen molar-refractivity contribution in [1.29, 1.82) is 0 Å². The van der Waals surface area contributed by atoms with Crippen LogP contribution in [0.15, 0.2) is 0 Å². The van der Waals surface area contributed by atoms with Crippen LogP contribution in [-0.4, -0.2) is 28.3 Å². The van der Waals surface area contributed by atoms with Gasteiger partial charge in [-0.05, 0) is 11.0 Å². The van der Waals surface area contributed by atoms with Gasteiger partial charge >= 0.3 is 0 Å². The molecule has 0 heterocycles. The largest absolute Gasteiger partial charge is 0.290 e. The maximum absolute atomic E-state index is 8.79. The Morgan fingerprint density at radius 1 is 1.75 bits per heavy atom. The molecule has 48 valence electrons. The van der Waals surface area contributed by atoms with E-state index in [0.29, 0.717) is 0 Å². The molecule has 0 aliphatic heterocycles. The zero-order chi connectivity index (χ0) is 6.57. The first-order chi connectivity index (χ1) is 3.72. The highest BCUT2D eigenvalue weighted by molar-refractivity contribution is 8.13. The Hall–Kier alpha value is -0.180. The number of nitrogens with zero attached hydrogens (tertiary/aromatic N) is 1. The fourth-order valence-corrected chi connectivity index (χ4v) is 1.06. The molecule has 1 N–H and O–H groups in total.